The summed E-state index contributed by atoms with van der Waals surface area (Å²) in [5, 5.41) is 39.4. The molecule has 0 amide bonds. The first-order valence-corrected chi connectivity index (χ1v) is 9.62. The van der Waals surface area contributed by atoms with E-state index >= 15 is 0 Å². The predicted octanol–water partition coefficient (Wildman–Crippen LogP) is 0.613. The monoisotopic (exact) mass is 382 g/mol. The van der Waals surface area contributed by atoms with Gasteiger partial charge in [0.05, 0.1) is 19.8 Å². The van der Waals surface area contributed by atoms with Crippen molar-refractivity contribution in [1.29, 1.82) is 0 Å². The highest BCUT2D eigenvalue weighted by Crippen LogP contribution is 2.33. The fourth-order valence-electron chi connectivity index (χ4n) is 4.00. The summed E-state index contributed by atoms with van der Waals surface area (Å²) in [5.41, 5.74) is 1.19. The zero-order chi connectivity index (χ0) is 19.4. The van der Waals surface area contributed by atoms with E-state index in [2.05, 4.69) is 0 Å². The Morgan fingerprint density at radius 2 is 1.70 bits per heavy atom. The molecular weight excluding hydrogens is 352 g/mol. The molecule has 1 aliphatic heterocycles. The minimum atomic E-state index is -1.41. The van der Waals surface area contributed by atoms with Gasteiger partial charge >= 0.3 is 0 Å². The summed E-state index contributed by atoms with van der Waals surface area (Å²) in [6.45, 7) is -0.454. The molecule has 1 saturated carbocycles. The van der Waals surface area contributed by atoms with Gasteiger partial charge in [0.15, 0.2) is 6.29 Å². The van der Waals surface area contributed by atoms with Gasteiger partial charge in [0.25, 0.3) is 0 Å². The van der Waals surface area contributed by atoms with Crippen LogP contribution in [0.1, 0.15) is 31.2 Å². The third-order valence-corrected chi connectivity index (χ3v) is 5.65. The van der Waals surface area contributed by atoms with Crippen molar-refractivity contribution in [2.75, 3.05) is 13.7 Å². The van der Waals surface area contributed by atoms with Crippen LogP contribution in [-0.4, -0.2) is 71.0 Å². The molecule has 1 aromatic rings. The predicted molar refractivity (Wildman–Crippen MR) is 97.3 cm³/mol. The van der Waals surface area contributed by atoms with E-state index in [1.165, 1.54) is 5.56 Å². The number of methoxy groups -OCH3 is 1. The highest BCUT2D eigenvalue weighted by atomic mass is 16.7. The summed E-state index contributed by atoms with van der Waals surface area (Å²) in [7, 11) is 1.64. The second kappa shape index (κ2) is 9.32. The number of aliphatic hydroxyl groups is 4. The fourth-order valence-corrected chi connectivity index (χ4v) is 4.00. The van der Waals surface area contributed by atoms with Crippen molar-refractivity contribution in [2.45, 2.75) is 68.9 Å². The number of benzene rings is 1. The molecule has 1 saturated heterocycles. The lowest BCUT2D eigenvalue weighted by Crippen LogP contribution is -2.60. The van der Waals surface area contributed by atoms with Gasteiger partial charge in [-0.3, -0.25) is 0 Å². The molecular formula is C20H30O7. The first-order valence-electron chi connectivity index (χ1n) is 9.62. The molecule has 0 bridgehead atoms. The van der Waals surface area contributed by atoms with Crippen LogP contribution in [0.2, 0.25) is 0 Å². The third-order valence-electron chi connectivity index (χ3n) is 5.65. The van der Waals surface area contributed by atoms with Crippen LogP contribution in [0.25, 0.3) is 0 Å². The van der Waals surface area contributed by atoms with Crippen LogP contribution in [0.4, 0.5) is 0 Å². The van der Waals surface area contributed by atoms with Crippen molar-refractivity contribution >= 4 is 0 Å². The third kappa shape index (κ3) is 4.80. The van der Waals surface area contributed by atoms with Crippen molar-refractivity contribution in [3.8, 4) is 5.75 Å². The molecule has 0 radical (unpaired) electrons. The topological polar surface area (TPSA) is 109 Å². The highest BCUT2D eigenvalue weighted by Gasteiger charge is 2.45. The Morgan fingerprint density at radius 1 is 1.00 bits per heavy atom. The van der Waals surface area contributed by atoms with E-state index in [4.69, 9.17) is 14.2 Å². The highest BCUT2D eigenvalue weighted by molar-refractivity contribution is 5.27. The van der Waals surface area contributed by atoms with Crippen LogP contribution in [0.15, 0.2) is 24.3 Å². The summed E-state index contributed by atoms with van der Waals surface area (Å²) in [6, 6.07) is 7.95. The van der Waals surface area contributed by atoms with E-state index in [-0.39, 0.29) is 12.0 Å². The average molecular weight is 382 g/mol. The Labute approximate surface area is 159 Å². The lowest BCUT2D eigenvalue weighted by molar-refractivity contribution is -0.316. The van der Waals surface area contributed by atoms with Crippen LogP contribution in [-0.2, 0) is 15.9 Å². The molecule has 2 fully saturated rings. The van der Waals surface area contributed by atoms with E-state index in [0.29, 0.717) is 0 Å². The number of hydrogen-bond acceptors (Lipinski definition) is 7. The molecule has 27 heavy (non-hydrogen) atoms. The Morgan fingerprint density at radius 3 is 2.37 bits per heavy atom. The maximum Gasteiger partial charge on any atom is 0.186 e. The van der Waals surface area contributed by atoms with Gasteiger partial charge < -0.3 is 34.6 Å². The van der Waals surface area contributed by atoms with E-state index in [0.717, 1.165) is 37.9 Å². The molecule has 7 atom stereocenters. The summed E-state index contributed by atoms with van der Waals surface area (Å²) in [5.74, 6) is 1.08. The summed E-state index contributed by atoms with van der Waals surface area (Å²) < 4.78 is 16.8. The summed E-state index contributed by atoms with van der Waals surface area (Å²) in [4.78, 5) is 0. The first-order chi connectivity index (χ1) is 13.0. The molecule has 152 valence electrons. The molecule has 7 heteroatoms. The number of ether oxygens (including phenoxy) is 3. The Balaban J connectivity index is 1.65. The van der Waals surface area contributed by atoms with Gasteiger partial charge in [-0.1, -0.05) is 25.0 Å². The molecule has 4 N–H and O–H groups in total. The molecule has 2 aliphatic rings. The maximum atomic E-state index is 10.2. The molecule has 0 spiro atoms. The molecule has 7 nitrogen and oxygen atoms in total. The van der Waals surface area contributed by atoms with Crippen LogP contribution >= 0.6 is 0 Å². The van der Waals surface area contributed by atoms with E-state index in [1.54, 1.807) is 7.11 Å². The molecule has 0 unspecified atom stereocenters. The zero-order valence-electron chi connectivity index (χ0n) is 15.6. The molecule has 3 rings (SSSR count). The smallest absolute Gasteiger partial charge is 0.186 e. The zero-order valence-corrected chi connectivity index (χ0v) is 15.6. The minimum absolute atomic E-state index is 0.123. The lowest BCUT2D eigenvalue weighted by Gasteiger charge is -2.42. The molecule has 1 aromatic carbocycles. The standard InChI is InChI=1S/C20H30O7/c1-25-14-8-6-12(7-9-14)10-13-4-2-3-5-15(13)26-20-19(24)18(23)17(22)16(11-21)27-20/h6-9,13,15-24H,2-5,10-11H2,1H3/t13-,15+,16+,17+,18-,19+,20+/m0/s1. The van der Waals surface area contributed by atoms with Gasteiger partial charge in [0.2, 0.25) is 0 Å². The first kappa shape index (κ1) is 20.5. The van der Waals surface area contributed by atoms with Gasteiger partial charge in [0.1, 0.15) is 30.2 Å². The summed E-state index contributed by atoms with van der Waals surface area (Å²) >= 11 is 0. The second-order valence-corrected chi connectivity index (χ2v) is 7.47. The fraction of sp³-hybridized carbons (Fsp3) is 0.700. The lowest BCUT2D eigenvalue weighted by atomic mass is 9.82. The van der Waals surface area contributed by atoms with Crippen LogP contribution in [0, 0.1) is 5.92 Å². The van der Waals surface area contributed by atoms with Crippen LogP contribution < -0.4 is 4.74 Å². The van der Waals surface area contributed by atoms with Crippen LogP contribution in [0.5, 0.6) is 5.75 Å². The van der Waals surface area contributed by atoms with Crippen molar-refractivity contribution in [1.82, 2.24) is 0 Å². The van der Waals surface area contributed by atoms with E-state index in [1.807, 2.05) is 24.3 Å². The molecule has 0 aromatic heterocycles. The van der Waals surface area contributed by atoms with Crippen molar-refractivity contribution in [3.05, 3.63) is 29.8 Å². The van der Waals surface area contributed by atoms with Gasteiger partial charge in [-0.05, 0) is 42.9 Å². The van der Waals surface area contributed by atoms with Gasteiger partial charge in [0, 0.05) is 0 Å². The van der Waals surface area contributed by atoms with E-state index < -0.39 is 37.3 Å². The average Bonchev–Trinajstić information content (AvgIpc) is 2.70. The number of rotatable bonds is 6. The van der Waals surface area contributed by atoms with Crippen molar-refractivity contribution in [3.63, 3.8) is 0 Å². The van der Waals surface area contributed by atoms with Gasteiger partial charge in [-0.15, -0.1) is 0 Å². The maximum absolute atomic E-state index is 10.2. The Hall–Kier alpha value is -1.22. The number of aliphatic hydroxyl groups excluding tert-OH is 4. The Bertz CT molecular complexity index is 576. The number of hydrogen-bond donors (Lipinski definition) is 4. The molecule has 1 heterocycles. The summed E-state index contributed by atoms with van der Waals surface area (Å²) in [6.07, 6.45) is -1.43. The normalized spacial score (nSPS) is 37.1. The van der Waals surface area contributed by atoms with E-state index in [9.17, 15) is 20.4 Å². The SMILES string of the molecule is COc1ccc(C[C@@H]2CCCC[C@H]2O[C@@H]2O[C@H](CO)[C@@H](O)[C@H](O)[C@H]2O)cc1. The minimum Gasteiger partial charge on any atom is -0.497 e. The quantitative estimate of drug-likeness (QED) is 0.571. The Kier molecular flexibility index (Phi) is 7.08. The molecule has 1 aliphatic carbocycles. The van der Waals surface area contributed by atoms with Crippen LogP contribution in [0.3, 0.4) is 0 Å². The van der Waals surface area contributed by atoms with Gasteiger partial charge in [-0.25, -0.2) is 0 Å². The van der Waals surface area contributed by atoms with Crippen molar-refractivity contribution < 1.29 is 34.6 Å². The van der Waals surface area contributed by atoms with Crippen molar-refractivity contribution in [2.24, 2.45) is 5.92 Å². The van der Waals surface area contributed by atoms with Gasteiger partial charge in [-0.2, -0.15) is 0 Å². The second-order valence-electron chi connectivity index (χ2n) is 7.47. The largest absolute Gasteiger partial charge is 0.497 e.